The maximum Gasteiger partial charge on any atom is 0.120 e. The fourth-order valence-electron chi connectivity index (χ4n) is 2.46. The van der Waals surface area contributed by atoms with E-state index in [1.807, 2.05) is 48.5 Å². The maximum absolute atomic E-state index is 5.90. The summed E-state index contributed by atoms with van der Waals surface area (Å²) >= 11 is 11.4. The highest BCUT2D eigenvalue weighted by Gasteiger charge is 2.04. The molecule has 0 amide bonds. The Bertz CT molecular complexity index is 875. The van der Waals surface area contributed by atoms with Crippen LogP contribution >= 0.6 is 23.8 Å². The second-order valence-corrected chi connectivity index (χ2v) is 6.96. The van der Waals surface area contributed by atoms with Gasteiger partial charge in [-0.25, -0.2) is 0 Å². The molecule has 3 aromatic rings. The molecule has 0 atom stereocenters. The first-order valence-corrected chi connectivity index (χ1v) is 9.20. The van der Waals surface area contributed by atoms with Crippen LogP contribution in [0.25, 0.3) is 0 Å². The van der Waals surface area contributed by atoms with E-state index in [0.717, 1.165) is 21.9 Å². The molecule has 0 fully saturated rings. The highest BCUT2D eigenvalue weighted by Crippen LogP contribution is 2.17. The summed E-state index contributed by atoms with van der Waals surface area (Å²) in [4.78, 5) is 0.711. The van der Waals surface area contributed by atoms with Gasteiger partial charge >= 0.3 is 0 Å². The molecule has 0 bridgehead atoms. The van der Waals surface area contributed by atoms with Crippen LogP contribution < -0.4 is 10.1 Å². The first-order chi connectivity index (χ1) is 12.6. The topological polar surface area (TPSA) is 21.3 Å². The van der Waals surface area contributed by atoms with Crippen molar-refractivity contribution in [3.63, 3.8) is 0 Å². The minimum Gasteiger partial charge on any atom is -0.489 e. The first-order valence-electron chi connectivity index (χ1n) is 8.41. The van der Waals surface area contributed by atoms with E-state index < -0.39 is 0 Å². The number of rotatable bonds is 6. The Morgan fingerprint density at radius 3 is 2.38 bits per heavy atom. The molecule has 0 radical (unpaired) electrons. The van der Waals surface area contributed by atoms with Crippen LogP contribution in [0, 0.1) is 6.92 Å². The molecular weight excluding hydrogens is 362 g/mol. The highest BCUT2D eigenvalue weighted by molar-refractivity contribution is 7.80. The van der Waals surface area contributed by atoms with E-state index >= 15 is 0 Å². The molecule has 1 N–H and O–H groups in total. The van der Waals surface area contributed by atoms with E-state index in [0.29, 0.717) is 18.1 Å². The smallest absolute Gasteiger partial charge is 0.120 e. The van der Waals surface area contributed by atoms with Gasteiger partial charge in [0, 0.05) is 17.1 Å². The van der Waals surface area contributed by atoms with E-state index in [-0.39, 0.29) is 0 Å². The van der Waals surface area contributed by atoms with Gasteiger partial charge in [0.05, 0.1) is 0 Å². The summed E-state index contributed by atoms with van der Waals surface area (Å²) in [6.07, 6.45) is 0. The Balaban J connectivity index is 1.58. The van der Waals surface area contributed by atoms with Crippen molar-refractivity contribution in [2.45, 2.75) is 20.1 Å². The Hall–Kier alpha value is -2.36. The van der Waals surface area contributed by atoms with Crippen LogP contribution in [0.15, 0.2) is 72.8 Å². The summed E-state index contributed by atoms with van der Waals surface area (Å²) in [5.74, 6) is 0.789. The SMILES string of the molecule is Cc1ccc(CNC(=S)c2cccc(OCc3ccc(Cl)cc3)c2)cc1. The number of benzene rings is 3. The fraction of sp³-hybridized carbons (Fsp3) is 0.136. The number of halogens is 1. The molecule has 0 saturated carbocycles. The molecule has 0 aromatic heterocycles. The molecule has 0 aliphatic heterocycles. The predicted octanol–water partition coefficient (Wildman–Crippen LogP) is 5.69. The van der Waals surface area contributed by atoms with Crippen LogP contribution in [0.2, 0.25) is 5.02 Å². The van der Waals surface area contributed by atoms with Crippen molar-refractivity contribution in [3.05, 3.63) is 100 Å². The Morgan fingerprint density at radius 1 is 0.962 bits per heavy atom. The van der Waals surface area contributed by atoms with Crippen molar-refractivity contribution in [3.8, 4) is 5.75 Å². The van der Waals surface area contributed by atoms with Gasteiger partial charge in [-0.1, -0.05) is 77.9 Å². The lowest BCUT2D eigenvalue weighted by molar-refractivity contribution is 0.306. The molecule has 26 heavy (non-hydrogen) atoms. The molecule has 3 rings (SSSR count). The molecule has 4 heteroatoms. The van der Waals surface area contributed by atoms with E-state index in [4.69, 9.17) is 28.6 Å². The lowest BCUT2D eigenvalue weighted by Gasteiger charge is -2.11. The molecule has 0 unspecified atom stereocenters. The van der Waals surface area contributed by atoms with Crippen LogP contribution in [0.5, 0.6) is 5.75 Å². The standard InChI is InChI=1S/C22H20ClNOS/c1-16-5-7-17(8-6-16)14-24-22(26)19-3-2-4-21(13-19)25-15-18-9-11-20(23)12-10-18/h2-13H,14-15H2,1H3,(H,24,26). The molecule has 0 aliphatic carbocycles. The molecular formula is C22H20ClNOS. The third kappa shape index (κ3) is 5.32. The lowest BCUT2D eigenvalue weighted by Crippen LogP contribution is -2.21. The number of aryl methyl sites for hydroxylation is 1. The summed E-state index contributed by atoms with van der Waals surface area (Å²) in [6.45, 7) is 3.27. The monoisotopic (exact) mass is 381 g/mol. The molecule has 0 spiro atoms. The van der Waals surface area contributed by atoms with Gasteiger partial charge in [0.2, 0.25) is 0 Å². The number of hydrogen-bond acceptors (Lipinski definition) is 2. The van der Waals surface area contributed by atoms with Crippen molar-refractivity contribution >= 4 is 28.8 Å². The highest BCUT2D eigenvalue weighted by atomic mass is 35.5. The molecule has 0 aliphatic rings. The lowest BCUT2D eigenvalue weighted by atomic mass is 10.1. The fourth-order valence-corrected chi connectivity index (χ4v) is 2.79. The van der Waals surface area contributed by atoms with Crippen LogP contribution in [-0.4, -0.2) is 4.99 Å². The van der Waals surface area contributed by atoms with E-state index in [2.05, 4.69) is 36.5 Å². The average molecular weight is 382 g/mol. The van der Waals surface area contributed by atoms with Gasteiger partial charge in [0.25, 0.3) is 0 Å². The Kier molecular flexibility index (Phi) is 6.26. The molecule has 132 valence electrons. The molecule has 0 heterocycles. The molecule has 0 saturated heterocycles. The van der Waals surface area contributed by atoms with Gasteiger partial charge in [-0.2, -0.15) is 0 Å². The number of thiocarbonyl (C=S) groups is 1. The number of ether oxygens (including phenoxy) is 1. The van der Waals surface area contributed by atoms with Crippen LogP contribution in [0.4, 0.5) is 0 Å². The summed E-state index contributed by atoms with van der Waals surface area (Å²) in [5.41, 5.74) is 4.47. The van der Waals surface area contributed by atoms with Gasteiger partial charge in [-0.3, -0.25) is 0 Å². The summed E-state index contributed by atoms with van der Waals surface area (Å²) in [6, 6.07) is 23.9. The Morgan fingerprint density at radius 2 is 1.65 bits per heavy atom. The third-order valence-corrected chi connectivity index (χ3v) is 4.62. The van der Waals surface area contributed by atoms with E-state index in [1.54, 1.807) is 0 Å². The zero-order chi connectivity index (χ0) is 18.4. The number of nitrogens with one attached hydrogen (secondary N) is 1. The zero-order valence-corrected chi connectivity index (χ0v) is 16.1. The van der Waals surface area contributed by atoms with Crippen molar-refractivity contribution < 1.29 is 4.74 Å². The van der Waals surface area contributed by atoms with Crippen LogP contribution in [0.1, 0.15) is 22.3 Å². The van der Waals surface area contributed by atoms with E-state index in [1.165, 1.54) is 11.1 Å². The van der Waals surface area contributed by atoms with Crippen molar-refractivity contribution in [2.75, 3.05) is 0 Å². The zero-order valence-electron chi connectivity index (χ0n) is 14.5. The largest absolute Gasteiger partial charge is 0.489 e. The van der Waals surface area contributed by atoms with Gasteiger partial charge < -0.3 is 10.1 Å². The normalized spacial score (nSPS) is 10.4. The van der Waals surface area contributed by atoms with Gasteiger partial charge in [-0.15, -0.1) is 0 Å². The summed E-state index contributed by atoms with van der Waals surface area (Å²) in [5, 5.41) is 4.03. The van der Waals surface area contributed by atoms with Crippen LogP contribution in [0.3, 0.4) is 0 Å². The van der Waals surface area contributed by atoms with Crippen molar-refractivity contribution in [1.29, 1.82) is 0 Å². The Labute approximate surface area is 164 Å². The van der Waals surface area contributed by atoms with E-state index in [9.17, 15) is 0 Å². The summed E-state index contributed by atoms with van der Waals surface area (Å²) < 4.78 is 5.87. The van der Waals surface area contributed by atoms with Gasteiger partial charge in [0.1, 0.15) is 17.3 Å². The molecule has 2 nitrogen and oxygen atoms in total. The van der Waals surface area contributed by atoms with Gasteiger partial charge in [-0.05, 0) is 42.3 Å². The summed E-state index contributed by atoms with van der Waals surface area (Å²) in [7, 11) is 0. The second kappa shape index (κ2) is 8.84. The maximum atomic E-state index is 5.90. The number of hydrogen-bond donors (Lipinski definition) is 1. The van der Waals surface area contributed by atoms with Gasteiger partial charge in [0.15, 0.2) is 0 Å². The third-order valence-electron chi connectivity index (χ3n) is 3.99. The minimum atomic E-state index is 0.490. The first kappa shape index (κ1) is 18.4. The predicted molar refractivity (Wildman–Crippen MR) is 112 cm³/mol. The van der Waals surface area contributed by atoms with Crippen molar-refractivity contribution in [2.24, 2.45) is 0 Å². The minimum absolute atomic E-state index is 0.490. The average Bonchev–Trinajstić information content (AvgIpc) is 2.67. The molecule has 3 aromatic carbocycles. The quantitative estimate of drug-likeness (QED) is 0.554. The van der Waals surface area contributed by atoms with Crippen LogP contribution in [-0.2, 0) is 13.2 Å². The van der Waals surface area contributed by atoms with Crippen molar-refractivity contribution in [1.82, 2.24) is 5.32 Å². The second-order valence-electron chi connectivity index (χ2n) is 6.11.